The fourth-order valence-corrected chi connectivity index (χ4v) is 3.40. The normalized spacial score (nSPS) is 11.6. The van der Waals surface area contributed by atoms with Crippen molar-refractivity contribution in [3.8, 4) is 5.75 Å². The summed E-state index contributed by atoms with van der Waals surface area (Å²) >= 11 is 9.31. The first-order valence-electron chi connectivity index (χ1n) is 9.60. The van der Waals surface area contributed by atoms with Crippen LogP contribution in [0.25, 0.3) is 0 Å². The summed E-state index contributed by atoms with van der Waals surface area (Å²) in [4.78, 5) is 26.9. The Labute approximate surface area is 185 Å². The number of carbonyl (C=O) groups excluding carboxylic acids is 2. The zero-order chi connectivity index (χ0) is 21.2. The molecule has 0 bridgehead atoms. The van der Waals surface area contributed by atoms with Gasteiger partial charge in [0, 0.05) is 29.0 Å². The van der Waals surface area contributed by atoms with E-state index in [-0.39, 0.29) is 11.8 Å². The van der Waals surface area contributed by atoms with Crippen LogP contribution < -0.4 is 10.1 Å². The second-order valence-electron chi connectivity index (χ2n) is 6.63. The van der Waals surface area contributed by atoms with Gasteiger partial charge in [0.05, 0.1) is 6.61 Å². The fourth-order valence-electron chi connectivity index (χ4n) is 2.82. The molecule has 7 heteroatoms. The fraction of sp³-hybridized carbons (Fsp3) is 0.364. The van der Waals surface area contributed by atoms with Crippen LogP contribution >= 0.6 is 27.5 Å². The van der Waals surface area contributed by atoms with Crippen molar-refractivity contribution in [3.05, 3.63) is 63.6 Å². The van der Waals surface area contributed by atoms with Gasteiger partial charge in [-0.05, 0) is 62.2 Å². The van der Waals surface area contributed by atoms with Crippen molar-refractivity contribution in [2.75, 3.05) is 13.2 Å². The molecular weight excluding hydrogens is 456 g/mol. The Morgan fingerprint density at radius 3 is 2.59 bits per heavy atom. The molecule has 2 rings (SSSR count). The summed E-state index contributed by atoms with van der Waals surface area (Å²) < 4.78 is 6.59. The van der Waals surface area contributed by atoms with E-state index in [1.807, 2.05) is 31.2 Å². The van der Waals surface area contributed by atoms with Crippen molar-refractivity contribution in [1.29, 1.82) is 0 Å². The first-order chi connectivity index (χ1) is 13.9. The molecule has 29 heavy (non-hydrogen) atoms. The Hall–Kier alpha value is -2.05. The molecule has 156 valence electrons. The Kier molecular flexibility index (Phi) is 9.48. The van der Waals surface area contributed by atoms with E-state index in [2.05, 4.69) is 21.2 Å². The van der Waals surface area contributed by atoms with Gasteiger partial charge in [-0.2, -0.15) is 0 Å². The van der Waals surface area contributed by atoms with Crippen LogP contribution in [0.3, 0.4) is 0 Å². The maximum absolute atomic E-state index is 12.9. The average molecular weight is 482 g/mol. The average Bonchev–Trinajstić information content (AvgIpc) is 2.70. The van der Waals surface area contributed by atoms with E-state index in [1.165, 1.54) is 0 Å². The van der Waals surface area contributed by atoms with Gasteiger partial charge in [-0.25, -0.2) is 0 Å². The number of ether oxygens (including phenoxy) is 1. The Morgan fingerprint density at radius 2 is 1.93 bits per heavy atom. The van der Waals surface area contributed by atoms with Crippen molar-refractivity contribution in [2.45, 2.75) is 39.3 Å². The lowest BCUT2D eigenvalue weighted by Crippen LogP contribution is -2.47. The predicted molar refractivity (Wildman–Crippen MR) is 119 cm³/mol. The molecule has 2 aromatic rings. The number of carbonyl (C=O) groups is 2. The van der Waals surface area contributed by atoms with E-state index in [4.69, 9.17) is 16.3 Å². The highest BCUT2D eigenvalue weighted by molar-refractivity contribution is 9.10. The Bertz CT molecular complexity index is 814. The number of nitrogens with one attached hydrogen (secondary N) is 1. The second kappa shape index (κ2) is 11.8. The summed E-state index contributed by atoms with van der Waals surface area (Å²) in [5.74, 6) is 0.472. The van der Waals surface area contributed by atoms with Crippen LogP contribution in [0.2, 0.25) is 5.02 Å². The second-order valence-corrected chi connectivity index (χ2v) is 7.98. The van der Waals surface area contributed by atoms with Crippen LogP contribution in [0.1, 0.15) is 32.3 Å². The van der Waals surface area contributed by atoms with Crippen LogP contribution in [-0.4, -0.2) is 35.9 Å². The molecule has 0 aliphatic heterocycles. The molecule has 2 aromatic carbocycles. The lowest BCUT2D eigenvalue weighted by atomic mass is 10.1. The first kappa shape index (κ1) is 23.2. The summed E-state index contributed by atoms with van der Waals surface area (Å²) in [7, 11) is 0. The van der Waals surface area contributed by atoms with Gasteiger partial charge < -0.3 is 15.0 Å². The van der Waals surface area contributed by atoms with Gasteiger partial charge in [-0.3, -0.25) is 9.59 Å². The topological polar surface area (TPSA) is 58.6 Å². The number of rotatable bonds is 10. The first-order valence-corrected chi connectivity index (χ1v) is 10.8. The van der Waals surface area contributed by atoms with Gasteiger partial charge in [0.25, 0.3) is 0 Å². The molecule has 0 fully saturated rings. The van der Waals surface area contributed by atoms with Crippen LogP contribution in [0.15, 0.2) is 53.0 Å². The molecule has 0 aromatic heterocycles. The van der Waals surface area contributed by atoms with Crippen molar-refractivity contribution in [1.82, 2.24) is 10.2 Å². The van der Waals surface area contributed by atoms with E-state index in [0.29, 0.717) is 43.3 Å². The number of hydrogen-bond donors (Lipinski definition) is 1. The number of halogens is 2. The summed E-state index contributed by atoms with van der Waals surface area (Å²) in [5.41, 5.74) is 0.960. The highest BCUT2D eigenvalue weighted by atomic mass is 79.9. The van der Waals surface area contributed by atoms with E-state index in [1.54, 1.807) is 36.1 Å². The molecule has 0 radical (unpaired) electrons. The SMILES string of the molecule is CCNC(=O)C(C)N(Cc1cccc(Br)c1)C(=O)CCCOc1ccc(Cl)cc1. The van der Waals surface area contributed by atoms with Crippen molar-refractivity contribution in [3.63, 3.8) is 0 Å². The molecule has 5 nitrogen and oxygen atoms in total. The lowest BCUT2D eigenvalue weighted by molar-refractivity contribution is -0.140. The van der Waals surface area contributed by atoms with Gasteiger partial charge in [0.1, 0.15) is 11.8 Å². The summed E-state index contributed by atoms with van der Waals surface area (Å²) in [6, 6.07) is 14.3. The standard InChI is InChI=1S/C22H26BrClN2O3/c1-3-25-22(28)16(2)26(15-17-6-4-7-18(23)14-17)21(27)8-5-13-29-20-11-9-19(24)10-12-20/h4,6-7,9-12,14,16H,3,5,8,13,15H2,1-2H3,(H,25,28). The summed E-state index contributed by atoms with van der Waals surface area (Å²) in [6.45, 7) is 4.92. The minimum atomic E-state index is -0.557. The van der Waals surface area contributed by atoms with Gasteiger partial charge in [-0.1, -0.05) is 39.7 Å². The number of nitrogens with zero attached hydrogens (tertiary/aromatic N) is 1. The molecular formula is C22H26BrClN2O3. The monoisotopic (exact) mass is 480 g/mol. The van der Waals surface area contributed by atoms with E-state index < -0.39 is 6.04 Å². The van der Waals surface area contributed by atoms with E-state index >= 15 is 0 Å². The Morgan fingerprint density at radius 1 is 1.21 bits per heavy atom. The van der Waals surface area contributed by atoms with Crippen molar-refractivity contribution in [2.24, 2.45) is 0 Å². The van der Waals surface area contributed by atoms with Crippen LogP contribution in [0, 0.1) is 0 Å². The number of amides is 2. The third-order valence-electron chi connectivity index (χ3n) is 4.38. The molecule has 0 aliphatic rings. The van der Waals surface area contributed by atoms with Crippen LogP contribution in [-0.2, 0) is 16.1 Å². The maximum atomic E-state index is 12.9. The number of likely N-dealkylation sites (N-methyl/N-ethyl adjacent to an activating group) is 1. The molecule has 0 aliphatic carbocycles. The van der Waals surface area contributed by atoms with Gasteiger partial charge in [-0.15, -0.1) is 0 Å². The highest BCUT2D eigenvalue weighted by Crippen LogP contribution is 2.18. The maximum Gasteiger partial charge on any atom is 0.242 e. The van der Waals surface area contributed by atoms with Crippen molar-refractivity contribution < 1.29 is 14.3 Å². The molecule has 0 heterocycles. The van der Waals surface area contributed by atoms with Gasteiger partial charge >= 0.3 is 0 Å². The summed E-state index contributed by atoms with van der Waals surface area (Å²) in [5, 5.41) is 3.44. The molecule has 1 N–H and O–H groups in total. The number of benzene rings is 2. The quantitative estimate of drug-likeness (QED) is 0.495. The third-order valence-corrected chi connectivity index (χ3v) is 5.12. The third kappa shape index (κ3) is 7.71. The Balaban J connectivity index is 1.97. The van der Waals surface area contributed by atoms with Crippen LogP contribution in [0.4, 0.5) is 0 Å². The molecule has 0 saturated heterocycles. The molecule has 2 amide bonds. The van der Waals surface area contributed by atoms with Gasteiger partial charge in [0.15, 0.2) is 0 Å². The van der Waals surface area contributed by atoms with Crippen molar-refractivity contribution >= 4 is 39.3 Å². The minimum Gasteiger partial charge on any atom is -0.494 e. The van der Waals surface area contributed by atoms with E-state index in [9.17, 15) is 9.59 Å². The van der Waals surface area contributed by atoms with Crippen LogP contribution in [0.5, 0.6) is 5.75 Å². The highest BCUT2D eigenvalue weighted by Gasteiger charge is 2.25. The lowest BCUT2D eigenvalue weighted by Gasteiger charge is -2.29. The zero-order valence-corrected chi connectivity index (χ0v) is 19.0. The summed E-state index contributed by atoms with van der Waals surface area (Å²) in [6.07, 6.45) is 0.851. The molecule has 0 spiro atoms. The molecule has 1 unspecified atom stereocenters. The largest absolute Gasteiger partial charge is 0.494 e. The van der Waals surface area contributed by atoms with Gasteiger partial charge in [0.2, 0.25) is 11.8 Å². The minimum absolute atomic E-state index is 0.0802. The van der Waals surface area contributed by atoms with E-state index in [0.717, 1.165) is 10.0 Å². The predicted octanol–water partition coefficient (Wildman–Crippen LogP) is 4.81. The smallest absolute Gasteiger partial charge is 0.242 e. The molecule has 0 saturated carbocycles. The number of hydrogen-bond acceptors (Lipinski definition) is 3. The molecule has 1 atom stereocenters. The zero-order valence-electron chi connectivity index (χ0n) is 16.7.